The summed E-state index contributed by atoms with van der Waals surface area (Å²) in [5.41, 5.74) is 2.37. The highest BCUT2D eigenvalue weighted by molar-refractivity contribution is 6.74. The molecule has 3 rings (SSSR count). The zero-order valence-electron chi connectivity index (χ0n) is 33.5. The van der Waals surface area contributed by atoms with E-state index in [0.29, 0.717) is 36.8 Å². The Morgan fingerprint density at radius 3 is 2.12 bits per heavy atom. The number of hydrogen-bond donors (Lipinski definition) is 2. The molecule has 1 aromatic carbocycles. The van der Waals surface area contributed by atoms with Gasteiger partial charge in [-0.15, -0.1) is 0 Å². The zero-order chi connectivity index (χ0) is 37.8. The number of aromatic hydroxyl groups is 1. The van der Waals surface area contributed by atoms with Gasteiger partial charge in [-0.2, -0.15) is 0 Å². The number of ether oxygens (including phenoxy) is 1. The van der Waals surface area contributed by atoms with E-state index in [1.807, 2.05) is 12.1 Å². The fourth-order valence-corrected chi connectivity index (χ4v) is 8.76. The van der Waals surface area contributed by atoms with Gasteiger partial charge in [0.2, 0.25) is 0 Å². The highest BCUT2D eigenvalue weighted by Gasteiger charge is 2.44. The molecular weight excluding hydrogens is 663 g/mol. The molecule has 2 heterocycles. The molecule has 0 spiro atoms. The van der Waals surface area contributed by atoms with Crippen molar-refractivity contribution in [2.24, 2.45) is 11.8 Å². The van der Waals surface area contributed by atoms with Crippen molar-refractivity contribution in [3.8, 4) is 5.75 Å². The predicted molar refractivity (Wildman–Crippen MR) is 208 cm³/mol. The second-order valence-corrected chi connectivity index (χ2v) is 27.2. The maximum absolute atomic E-state index is 12.9. The largest absolute Gasteiger partial charge is 0.507 e. The van der Waals surface area contributed by atoms with Gasteiger partial charge in [-0.25, -0.2) is 9.78 Å². The Bertz CT molecular complexity index is 1450. The third kappa shape index (κ3) is 10.7. The van der Waals surface area contributed by atoms with Gasteiger partial charge in [-0.05, 0) is 72.2 Å². The summed E-state index contributed by atoms with van der Waals surface area (Å²) in [4.78, 5) is 17.7. The summed E-state index contributed by atoms with van der Waals surface area (Å²) in [7, 11) is -4.14. The number of fused-ring (bicyclic) bond motifs is 1. The van der Waals surface area contributed by atoms with Crippen LogP contribution in [-0.4, -0.2) is 62.2 Å². The third-order valence-corrected chi connectivity index (χ3v) is 20.6. The van der Waals surface area contributed by atoms with Crippen molar-refractivity contribution >= 4 is 28.7 Å². The van der Waals surface area contributed by atoms with Crippen LogP contribution >= 0.6 is 0 Å². The Morgan fingerprint density at radius 1 is 0.960 bits per heavy atom. The smallest absolute Gasteiger partial charge is 0.342 e. The molecule has 6 atom stereocenters. The molecule has 0 fully saturated rings. The number of phenols is 1. The quantitative estimate of drug-likeness (QED) is 0.130. The molecule has 8 nitrogen and oxygen atoms in total. The monoisotopic (exact) mass is 729 g/mol. The molecule has 0 saturated carbocycles. The number of esters is 1. The van der Waals surface area contributed by atoms with E-state index in [2.05, 4.69) is 95.4 Å². The van der Waals surface area contributed by atoms with Gasteiger partial charge in [0.05, 0.1) is 12.2 Å². The first kappa shape index (κ1) is 42.2. The summed E-state index contributed by atoms with van der Waals surface area (Å²) in [5.74, 6) is 0.582. The van der Waals surface area contributed by atoms with Crippen LogP contribution in [-0.2, 0) is 32.9 Å². The number of benzene rings is 1. The van der Waals surface area contributed by atoms with Gasteiger partial charge in [0.15, 0.2) is 22.5 Å². The van der Waals surface area contributed by atoms with E-state index in [0.717, 1.165) is 24.0 Å². The van der Waals surface area contributed by atoms with Crippen LogP contribution in [0, 0.1) is 11.8 Å². The van der Waals surface area contributed by atoms with Crippen molar-refractivity contribution in [1.29, 1.82) is 0 Å². The maximum Gasteiger partial charge on any atom is 0.342 e. The van der Waals surface area contributed by atoms with Gasteiger partial charge in [0, 0.05) is 31.3 Å². The van der Waals surface area contributed by atoms with Crippen molar-refractivity contribution in [2.75, 3.05) is 0 Å². The number of rotatable bonds is 16. The highest BCUT2D eigenvalue weighted by atomic mass is 28.4. The lowest BCUT2D eigenvalue weighted by Gasteiger charge is -2.45. The molecule has 0 saturated heterocycles. The molecule has 2 aromatic rings. The summed E-state index contributed by atoms with van der Waals surface area (Å²) < 4.78 is 25.7. The van der Waals surface area contributed by atoms with Crippen molar-refractivity contribution < 1.29 is 33.0 Å². The average Bonchev–Trinajstić information content (AvgIpc) is 3.45. The topological polar surface area (TPSA) is 111 Å². The lowest BCUT2D eigenvalue weighted by atomic mass is 9.90. The molecule has 2 N–H and O–H groups in total. The molecule has 1 aliphatic rings. The zero-order valence-corrected chi connectivity index (χ0v) is 35.5. The second kappa shape index (κ2) is 16.6. The summed E-state index contributed by atoms with van der Waals surface area (Å²) in [6.07, 6.45) is 7.32. The molecule has 50 heavy (non-hydrogen) atoms. The van der Waals surface area contributed by atoms with Crippen molar-refractivity contribution in [2.45, 2.75) is 168 Å². The van der Waals surface area contributed by atoms with Crippen molar-refractivity contribution in [3.63, 3.8) is 0 Å². The summed E-state index contributed by atoms with van der Waals surface area (Å²) in [5, 5.41) is 21.9. The van der Waals surface area contributed by atoms with E-state index in [4.69, 9.17) is 23.0 Å². The highest BCUT2D eigenvalue weighted by Crippen LogP contribution is 2.42. The number of aromatic nitrogens is 1. The molecule has 0 radical (unpaired) electrons. The SMILES string of the molecule is CC[C@H](C)Cc1ccc2c(c1O)C(=O)O[C@H](C[C@@H](O)/C=C/c1coc(C[C@H](O[Si](C)(C)C(C)(C)C)[C@H](C)[C@@H](CC)O[Si](C)(C)C(C)(C)C)n1)C2. The number of aliphatic hydroxyl groups excluding tert-OH is 1. The average molecular weight is 730 g/mol. The van der Waals surface area contributed by atoms with E-state index in [-0.39, 0.29) is 45.9 Å². The Hall–Kier alpha value is -2.25. The van der Waals surface area contributed by atoms with E-state index >= 15 is 0 Å². The van der Waals surface area contributed by atoms with Crippen LogP contribution in [0.25, 0.3) is 6.08 Å². The molecule has 0 bridgehead atoms. The van der Waals surface area contributed by atoms with Gasteiger partial charge in [0.25, 0.3) is 0 Å². The minimum atomic E-state index is -2.14. The number of aliphatic hydroxyl groups is 1. The molecule has 10 heteroatoms. The van der Waals surface area contributed by atoms with Crippen LogP contribution in [0.1, 0.15) is 122 Å². The molecule has 1 aromatic heterocycles. The van der Waals surface area contributed by atoms with E-state index in [9.17, 15) is 15.0 Å². The lowest BCUT2D eigenvalue weighted by molar-refractivity contribution is 0.0146. The Balaban J connectivity index is 1.72. The van der Waals surface area contributed by atoms with Crippen molar-refractivity contribution in [1.82, 2.24) is 4.98 Å². The predicted octanol–water partition coefficient (Wildman–Crippen LogP) is 9.88. The minimum Gasteiger partial charge on any atom is -0.507 e. The second-order valence-electron chi connectivity index (χ2n) is 17.7. The fraction of sp³-hybridized carbons (Fsp3) is 0.700. The van der Waals surface area contributed by atoms with Gasteiger partial charge in [-0.1, -0.05) is 93.9 Å². The van der Waals surface area contributed by atoms with Crippen molar-refractivity contribution in [3.05, 3.63) is 52.7 Å². The minimum absolute atomic E-state index is 0.0215. The molecule has 0 amide bonds. The van der Waals surface area contributed by atoms with Gasteiger partial charge >= 0.3 is 5.97 Å². The fourth-order valence-electron chi connectivity index (χ4n) is 5.86. The first-order valence-corrected chi connectivity index (χ1v) is 24.5. The van der Waals surface area contributed by atoms with E-state index < -0.39 is 34.8 Å². The van der Waals surface area contributed by atoms with Gasteiger partial charge < -0.3 is 28.2 Å². The number of oxazole rings is 1. The standard InChI is InChI=1S/C40H67NO7Si2/c1-15-26(3)21-29-18-17-28-22-32(46-38(44)36(28)37(29)43)23-31(42)20-19-30-25-45-35(41-30)24-34(48-50(13,14)40(8,9)10)27(4)33(16-2)47-49(11,12)39(5,6)7/h17-20,25-27,31-34,42-43H,15-16,21-24H2,1-14H3/b20-19+/t26-,27+,31-,32-,33+,34-/m0/s1. The molecule has 1 aliphatic heterocycles. The van der Waals surface area contributed by atoms with E-state index in [1.54, 1.807) is 18.4 Å². The lowest BCUT2D eigenvalue weighted by Crippen LogP contribution is -2.51. The number of carbonyl (C=O) groups is 1. The molecule has 0 unspecified atom stereocenters. The number of hydrogen-bond acceptors (Lipinski definition) is 8. The first-order chi connectivity index (χ1) is 23.0. The number of nitrogens with zero attached hydrogens (tertiary/aromatic N) is 1. The van der Waals surface area contributed by atoms with Crippen LogP contribution in [0.5, 0.6) is 5.75 Å². The number of cyclic esters (lactones) is 1. The van der Waals surface area contributed by atoms with Crippen LogP contribution in [0.4, 0.5) is 0 Å². The number of phenolic OH excluding ortho intramolecular Hbond substituents is 1. The Kier molecular flexibility index (Phi) is 14.0. The summed E-state index contributed by atoms with van der Waals surface area (Å²) >= 11 is 0. The van der Waals surface area contributed by atoms with Crippen LogP contribution in [0.15, 0.2) is 28.9 Å². The first-order valence-electron chi connectivity index (χ1n) is 18.7. The maximum atomic E-state index is 12.9. The molecule has 282 valence electrons. The number of carbonyl (C=O) groups excluding carboxylic acids is 1. The summed E-state index contributed by atoms with van der Waals surface area (Å²) in [6, 6.07) is 3.81. The Morgan fingerprint density at radius 2 is 1.56 bits per heavy atom. The van der Waals surface area contributed by atoms with Gasteiger partial charge in [-0.3, -0.25) is 0 Å². The van der Waals surface area contributed by atoms with E-state index in [1.165, 1.54) is 0 Å². The van der Waals surface area contributed by atoms with Crippen LogP contribution in [0.3, 0.4) is 0 Å². The normalized spacial score (nSPS) is 19.2. The third-order valence-electron chi connectivity index (χ3n) is 11.6. The molecule has 0 aliphatic carbocycles. The summed E-state index contributed by atoms with van der Waals surface area (Å²) in [6.45, 7) is 31.4. The van der Waals surface area contributed by atoms with Crippen LogP contribution in [0.2, 0.25) is 36.3 Å². The Labute approximate surface area is 304 Å². The molecular formula is C40H67NO7Si2. The van der Waals surface area contributed by atoms with Gasteiger partial charge in [0.1, 0.15) is 29.4 Å². The van der Waals surface area contributed by atoms with Crippen LogP contribution < -0.4 is 0 Å².